The van der Waals surface area contributed by atoms with Crippen molar-refractivity contribution in [3.63, 3.8) is 0 Å². The van der Waals surface area contributed by atoms with Crippen molar-refractivity contribution in [2.24, 2.45) is 0 Å². The van der Waals surface area contributed by atoms with Gasteiger partial charge in [-0.1, -0.05) is 20.8 Å². The minimum atomic E-state index is 0.394. The molecule has 0 saturated carbocycles. The molecule has 0 N–H and O–H groups in total. The Morgan fingerprint density at radius 2 is 1.60 bits per heavy atom. The second-order valence-corrected chi connectivity index (χ2v) is 8.72. The highest BCUT2D eigenvalue weighted by molar-refractivity contribution is 7.61. The fraction of sp³-hybridized carbons (Fsp3) is 1.00. The molecule has 0 unspecified atom stereocenters. The Morgan fingerprint density at radius 3 is 1.90 bits per heavy atom. The molecule has 0 bridgehead atoms. The van der Waals surface area contributed by atoms with Crippen LogP contribution in [0.15, 0.2) is 0 Å². The number of hydrogen-bond acceptors (Lipinski definition) is 0. The Labute approximate surface area is 67.7 Å². The van der Waals surface area contributed by atoms with Gasteiger partial charge in [-0.05, 0) is 29.8 Å². The minimum absolute atomic E-state index is 0.394. The van der Waals surface area contributed by atoms with E-state index in [-0.39, 0.29) is 0 Å². The first-order valence-corrected chi connectivity index (χ1v) is 7.19. The average Bonchev–Trinajstić information content (AvgIpc) is 1.88. The summed E-state index contributed by atoms with van der Waals surface area (Å²) in [5, 5.41) is 0.639. The van der Waals surface area contributed by atoms with E-state index >= 15 is 0 Å². The Balaban J connectivity index is 2.39. The predicted octanol–water partition coefficient (Wildman–Crippen LogP) is 2.96. The van der Waals surface area contributed by atoms with Crippen molar-refractivity contribution in [2.75, 3.05) is 24.6 Å². The summed E-state index contributed by atoms with van der Waals surface area (Å²) in [7, 11) is 1.68. The normalized spacial score (nSPS) is 30.9. The molecule has 1 fully saturated rings. The summed E-state index contributed by atoms with van der Waals surface area (Å²) in [6, 6.07) is 0. The van der Waals surface area contributed by atoms with E-state index in [4.69, 9.17) is 0 Å². The van der Waals surface area contributed by atoms with Gasteiger partial charge in [0.05, 0.1) is 0 Å². The highest BCUT2D eigenvalue weighted by Gasteiger charge is 2.24. The van der Waals surface area contributed by atoms with Crippen molar-refractivity contribution < 1.29 is 0 Å². The molecule has 1 rings (SSSR count). The summed E-state index contributed by atoms with van der Waals surface area (Å²) in [5.74, 6) is 0. The monoisotopic (exact) mass is 176 g/mol. The zero-order chi connectivity index (χ0) is 7.61. The van der Waals surface area contributed by atoms with Gasteiger partial charge in [0.2, 0.25) is 0 Å². The van der Waals surface area contributed by atoms with Crippen LogP contribution in [0.3, 0.4) is 0 Å². The Hall–Kier alpha value is 0.860. The van der Waals surface area contributed by atoms with Crippen LogP contribution in [-0.4, -0.2) is 29.8 Å². The third-order valence-corrected chi connectivity index (χ3v) is 7.54. The highest BCUT2D eigenvalue weighted by atomic mass is 31.1. The van der Waals surface area contributed by atoms with E-state index < -0.39 is 0 Å². The molecule has 1 heterocycles. The zero-order valence-corrected chi connectivity index (χ0v) is 9.17. The molecule has 0 aromatic rings. The standard InChI is InChI=1S/C8H18P2/c1-8(2,3)10-6-4-9-5-7-10/h9H,4-7H2,1-3H3. The molecule has 1 saturated heterocycles. The van der Waals surface area contributed by atoms with Gasteiger partial charge in [0.1, 0.15) is 0 Å². The second-order valence-electron chi connectivity index (χ2n) is 3.91. The molecule has 0 aromatic carbocycles. The molecule has 60 valence electrons. The topological polar surface area (TPSA) is 0 Å². The third kappa shape index (κ3) is 2.48. The molecular formula is C8H18P2. The maximum atomic E-state index is 2.41. The zero-order valence-electron chi connectivity index (χ0n) is 7.28. The Kier molecular flexibility index (Phi) is 3.14. The van der Waals surface area contributed by atoms with E-state index in [0.29, 0.717) is 13.1 Å². The summed E-state index contributed by atoms with van der Waals surface area (Å²) in [5.41, 5.74) is 0. The summed E-state index contributed by atoms with van der Waals surface area (Å²) in [6.07, 6.45) is 6.17. The molecule has 0 radical (unpaired) electrons. The van der Waals surface area contributed by atoms with Crippen molar-refractivity contribution in [3.05, 3.63) is 0 Å². The lowest BCUT2D eigenvalue weighted by atomic mass is 10.3. The van der Waals surface area contributed by atoms with Crippen molar-refractivity contribution >= 4 is 16.5 Å². The SMILES string of the molecule is CC(C)(C)P1CCPCC1. The molecule has 2 heteroatoms. The second kappa shape index (κ2) is 3.51. The Bertz CT molecular complexity index is 98.3. The molecule has 10 heavy (non-hydrogen) atoms. The van der Waals surface area contributed by atoms with Crippen LogP contribution in [0.1, 0.15) is 20.8 Å². The van der Waals surface area contributed by atoms with E-state index in [0.717, 1.165) is 0 Å². The summed E-state index contributed by atoms with van der Waals surface area (Å²) >= 11 is 0. The van der Waals surface area contributed by atoms with Crippen LogP contribution in [-0.2, 0) is 0 Å². The summed E-state index contributed by atoms with van der Waals surface area (Å²) < 4.78 is 0. The lowest BCUT2D eigenvalue weighted by molar-refractivity contribution is 0.779. The molecule has 0 nitrogen and oxygen atoms in total. The van der Waals surface area contributed by atoms with Crippen LogP contribution < -0.4 is 0 Å². The van der Waals surface area contributed by atoms with Crippen LogP contribution >= 0.6 is 16.5 Å². The molecule has 1 aliphatic rings. The van der Waals surface area contributed by atoms with Crippen molar-refractivity contribution in [1.29, 1.82) is 0 Å². The molecule has 0 aliphatic carbocycles. The lowest BCUT2D eigenvalue weighted by Gasteiger charge is -2.34. The van der Waals surface area contributed by atoms with Crippen LogP contribution in [0.25, 0.3) is 0 Å². The number of hydrogen-bond donors (Lipinski definition) is 0. The summed E-state index contributed by atoms with van der Waals surface area (Å²) in [4.78, 5) is 0. The third-order valence-electron chi connectivity index (χ3n) is 2.07. The van der Waals surface area contributed by atoms with Crippen LogP contribution in [0.2, 0.25) is 0 Å². The average molecular weight is 176 g/mol. The van der Waals surface area contributed by atoms with Crippen molar-refractivity contribution in [1.82, 2.24) is 0 Å². The van der Waals surface area contributed by atoms with Crippen molar-refractivity contribution in [3.8, 4) is 0 Å². The van der Waals surface area contributed by atoms with Gasteiger partial charge in [0, 0.05) is 0 Å². The van der Waals surface area contributed by atoms with Gasteiger partial charge in [-0.2, -0.15) is 0 Å². The van der Waals surface area contributed by atoms with E-state index in [1.54, 1.807) is 12.3 Å². The maximum absolute atomic E-state index is 2.41. The van der Waals surface area contributed by atoms with Crippen LogP contribution in [0, 0.1) is 0 Å². The first-order chi connectivity index (χ1) is 4.61. The van der Waals surface area contributed by atoms with Crippen LogP contribution in [0.4, 0.5) is 0 Å². The molecule has 0 aromatic heterocycles. The maximum Gasteiger partial charge on any atom is -0.0179 e. The van der Waals surface area contributed by atoms with Gasteiger partial charge < -0.3 is 0 Å². The fourth-order valence-corrected chi connectivity index (χ4v) is 6.58. The minimum Gasteiger partial charge on any atom is -0.121 e. The van der Waals surface area contributed by atoms with Crippen molar-refractivity contribution in [2.45, 2.75) is 25.9 Å². The molecule has 0 amide bonds. The molecule has 1 aliphatic heterocycles. The molecule has 0 atom stereocenters. The lowest BCUT2D eigenvalue weighted by Crippen LogP contribution is -2.19. The smallest absolute Gasteiger partial charge is 0.0179 e. The van der Waals surface area contributed by atoms with Gasteiger partial charge in [0.15, 0.2) is 0 Å². The Morgan fingerprint density at radius 1 is 1.10 bits per heavy atom. The largest absolute Gasteiger partial charge is 0.121 e. The molecule has 0 spiro atoms. The van der Waals surface area contributed by atoms with E-state index in [1.807, 2.05) is 0 Å². The van der Waals surface area contributed by atoms with Gasteiger partial charge in [-0.3, -0.25) is 0 Å². The van der Waals surface area contributed by atoms with Gasteiger partial charge in [0.25, 0.3) is 0 Å². The predicted molar refractivity (Wildman–Crippen MR) is 54.5 cm³/mol. The quantitative estimate of drug-likeness (QED) is 0.498. The van der Waals surface area contributed by atoms with Gasteiger partial charge in [-0.25, -0.2) is 0 Å². The van der Waals surface area contributed by atoms with Gasteiger partial charge in [-0.15, -0.1) is 16.5 Å². The first-order valence-electron chi connectivity index (χ1n) is 4.06. The van der Waals surface area contributed by atoms with E-state index in [9.17, 15) is 0 Å². The number of rotatable bonds is 0. The first kappa shape index (κ1) is 8.95. The fourth-order valence-electron chi connectivity index (χ4n) is 1.34. The highest BCUT2D eigenvalue weighted by Crippen LogP contribution is 2.52. The molecular weight excluding hydrogens is 158 g/mol. The van der Waals surface area contributed by atoms with Gasteiger partial charge >= 0.3 is 0 Å². The van der Waals surface area contributed by atoms with E-state index in [1.165, 1.54) is 20.9 Å². The summed E-state index contributed by atoms with van der Waals surface area (Å²) in [6.45, 7) is 7.23. The van der Waals surface area contributed by atoms with Crippen LogP contribution in [0.5, 0.6) is 0 Å². The van der Waals surface area contributed by atoms with E-state index in [2.05, 4.69) is 20.8 Å².